The van der Waals surface area contributed by atoms with Gasteiger partial charge in [0.25, 0.3) is 0 Å². The number of nitrogens with zero attached hydrogens (tertiary/aromatic N) is 2. The number of nitrogens with one attached hydrogen (secondary N) is 2. The van der Waals surface area contributed by atoms with E-state index < -0.39 is 0 Å². The molecule has 2 rings (SSSR count). The SMILES string of the molecule is Cc1nn(Cc2ccc(Cl)cc2)c(C)c1NC(=S)NC(C)C. The van der Waals surface area contributed by atoms with Gasteiger partial charge in [-0.1, -0.05) is 23.7 Å². The van der Waals surface area contributed by atoms with Crippen LogP contribution in [0.2, 0.25) is 5.02 Å². The Morgan fingerprint density at radius 3 is 2.50 bits per heavy atom. The van der Waals surface area contributed by atoms with Crippen LogP contribution in [0.15, 0.2) is 24.3 Å². The summed E-state index contributed by atoms with van der Waals surface area (Å²) < 4.78 is 1.97. The summed E-state index contributed by atoms with van der Waals surface area (Å²) in [7, 11) is 0. The van der Waals surface area contributed by atoms with Crippen LogP contribution >= 0.6 is 23.8 Å². The highest BCUT2D eigenvalue weighted by Crippen LogP contribution is 2.21. The van der Waals surface area contributed by atoms with E-state index in [0.29, 0.717) is 17.7 Å². The molecule has 1 aromatic heterocycles. The number of halogens is 1. The first-order valence-corrected chi connectivity index (χ1v) is 8.01. The minimum Gasteiger partial charge on any atom is -0.360 e. The van der Waals surface area contributed by atoms with Crippen LogP contribution in [0.25, 0.3) is 0 Å². The molecule has 0 aliphatic heterocycles. The molecule has 4 nitrogen and oxygen atoms in total. The lowest BCUT2D eigenvalue weighted by Gasteiger charge is -2.13. The van der Waals surface area contributed by atoms with Gasteiger partial charge < -0.3 is 10.6 Å². The zero-order valence-electron chi connectivity index (χ0n) is 13.3. The van der Waals surface area contributed by atoms with Crippen LogP contribution in [0.3, 0.4) is 0 Å². The van der Waals surface area contributed by atoms with Crippen LogP contribution in [0.1, 0.15) is 30.8 Å². The maximum Gasteiger partial charge on any atom is 0.171 e. The van der Waals surface area contributed by atoms with Gasteiger partial charge in [0.1, 0.15) is 0 Å². The van der Waals surface area contributed by atoms with E-state index in [9.17, 15) is 0 Å². The van der Waals surface area contributed by atoms with E-state index >= 15 is 0 Å². The molecule has 1 aromatic carbocycles. The first-order chi connectivity index (χ1) is 10.4. The minimum atomic E-state index is 0.296. The van der Waals surface area contributed by atoms with Crippen molar-refractivity contribution in [3.05, 3.63) is 46.2 Å². The van der Waals surface area contributed by atoms with Crippen LogP contribution in [-0.4, -0.2) is 20.9 Å². The van der Waals surface area contributed by atoms with Crippen LogP contribution in [0.5, 0.6) is 0 Å². The quantitative estimate of drug-likeness (QED) is 0.831. The highest BCUT2D eigenvalue weighted by atomic mass is 35.5. The molecule has 2 N–H and O–H groups in total. The fourth-order valence-electron chi connectivity index (χ4n) is 2.21. The van der Waals surface area contributed by atoms with Crippen molar-refractivity contribution < 1.29 is 0 Å². The number of aromatic nitrogens is 2. The largest absolute Gasteiger partial charge is 0.360 e. The van der Waals surface area contributed by atoms with Crippen molar-refractivity contribution in [2.75, 3.05) is 5.32 Å². The highest BCUT2D eigenvalue weighted by molar-refractivity contribution is 7.80. The molecule has 22 heavy (non-hydrogen) atoms. The second kappa shape index (κ2) is 7.11. The van der Waals surface area contributed by atoms with E-state index in [1.165, 1.54) is 0 Å². The van der Waals surface area contributed by atoms with Gasteiger partial charge in [-0.05, 0) is 57.6 Å². The van der Waals surface area contributed by atoms with Gasteiger partial charge in [0.2, 0.25) is 0 Å². The Balaban J connectivity index is 2.16. The zero-order valence-corrected chi connectivity index (χ0v) is 14.8. The number of hydrogen-bond donors (Lipinski definition) is 2. The molecule has 0 aliphatic rings. The molecule has 0 atom stereocenters. The van der Waals surface area contributed by atoms with Gasteiger partial charge in [-0.15, -0.1) is 0 Å². The normalized spacial score (nSPS) is 10.8. The Morgan fingerprint density at radius 1 is 1.27 bits per heavy atom. The number of benzene rings is 1. The van der Waals surface area contributed by atoms with E-state index in [1.54, 1.807) is 0 Å². The first kappa shape index (κ1) is 16.8. The Labute approximate surface area is 141 Å². The summed E-state index contributed by atoms with van der Waals surface area (Å²) in [6.45, 7) is 8.83. The molecule has 0 aliphatic carbocycles. The Morgan fingerprint density at radius 2 is 1.91 bits per heavy atom. The molecule has 0 amide bonds. The van der Waals surface area contributed by atoms with Crippen molar-refractivity contribution in [2.24, 2.45) is 0 Å². The maximum absolute atomic E-state index is 5.92. The third-order valence-corrected chi connectivity index (χ3v) is 3.76. The zero-order chi connectivity index (χ0) is 16.3. The smallest absolute Gasteiger partial charge is 0.171 e. The number of aryl methyl sites for hydroxylation is 1. The summed E-state index contributed by atoms with van der Waals surface area (Å²) in [5, 5.41) is 12.4. The van der Waals surface area contributed by atoms with Gasteiger partial charge >= 0.3 is 0 Å². The standard InChI is InChI=1S/C16H21ClN4S/c1-10(2)18-16(22)19-15-11(3)20-21(12(15)4)9-13-5-7-14(17)8-6-13/h5-8,10H,9H2,1-4H3,(H2,18,19,22). The lowest BCUT2D eigenvalue weighted by Crippen LogP contribution is -2.34. The average molecular weight is 337 g/mol. The number of hydrogen-bond acceptors (Lipinski definition) is 2. The molecule has 0 saturated heterocycles. The number of anilines is 1. The maximum atomic E-state index is 5.92. The van der Waals surface area contributed by atoms with Gasteiger partial charge in [-0.2, -0.15) is 5.10 Å². The van der Waals surface area contributed by atoms with E-state index in [0.717, 1.165) is 27.7 Å². The molecule has 6 heteroatoms. The average Bonchev–Trinajstić information content (AvgIpc) is 2.68. The van der Waals surface area contributed by atoms with Crippen molar-refractivity contribution in [2.45, 2.75) is 40.3 Å². The van der Waals surface area contributed by atoms with Crippen LogP contribution in [-0.2, 0) is 6.54 Å². The topological polar surface area (TPSA) is 41.9 Å². The Kier molecular flexibility index (Phi) is 5.42. The predicted octanol–water partition coefficient (Wildman–Crippen LogP) is 3.90. The van der Waals surface area contributed by atoms with Gasteiger partial charge in [-0.3, -0.25) is 4.68 Å². The lowest BCUT2D eigenvalue weighted by atomic mass is 10.2. The van der Waals surface area contributed by atoms with Crippen molar-refractivity contribution in [3.63, 3.8) is 0 Å². The van der Waals surface area contributed by atoms with Crippen molar-refractivity contribution in [1.82, 2.24) is 15.1 Å². The van der Waals surface area contributed by atoms with Crippen molar-refractivity contribution >= 4 is 34.6 Å². The molecule has 2 aromatic rings. The van der Waals surface area contributed by atoms with Crippen LogP contribution < -0.4 is 10.6 Å². The molecular formula is C16H21ClN4S. The molecule has 0 unspecified atom stereocenters. The number of rotatable bonds is 4. The third-order valence-electron chi connectivity index (χ3n) is 3.29. The Hall–Kier alpha value is -1.59. The summed E-state index contributed by atoms with van der Waals surface area (Å²) in [6, 6.07) is 8.10. The van der Waals surface area contributed by atoms with Crippen LogP contribution in [0.4, 0.5) is 5.69 Å². The molecule has 0 saturated carbocycles. The summed E-state index contributed by atoms with van der Waals surface area (Å²) >= 11 is 11.2. The molecule has 1 heterocycles. The van der Waals surface area contributed by atoms with E-state index in [4.69, 9.17) is 23.8 Å². The van der Waals surface area contributed by atoms with E-state index in [-0.39, 0.29) is 0 Å². The summed E-state index contributed by atoms with van der Waals surface area (Å²) in [5.41, 5.74) is 4.11. The molecule has 0 fully saturated rings. The molecule has 118 valence electrons. The second-order valence-electron chi connectivity index (χ2n) is 5.58. The predicted molar refractivity (Wildman–Crippen MR) is 96.7 cm³/mol. The Bertz CT molecular complexity index is 662. The van der Waals surface area contributed by atoms with Gasteiger partial charge in [0.15, 0.2) is 5.11 Å². The number of thiocarbonyl (C=S) groups is 1. The van der Waals surface area contributed by atoms with Gasteiger partial charge in [0.05, 0.1) is 23.6 Å². The highest BCUT2D eigenvalue weighted by Gasteiger charge is 2.13. The van der Waals surface area contributed by atoms with Crippen molar-refractivity contribution in [1.29, 1.82) is 0 Å². The third kappa shape index (κ3) is 4.21. The lowest BCUT2D eigenvalue weighted by molar-refractivity contribution is 0.659. The fourth-order valence-corrected chi connectivity index (χ4v) is 2.67. The summed E-state index contributed by atoms with van der Waals surface area (Å²) in [6.07, 6.45) is 0. The van der Waals surface area contributed by atoms with Crippen LogP contribution in [0, 0.1) is 13.8 Å². The first-order valence-electron chi connectivity index (χ1n) is 7.22. The van der Waals surface area contributed by atoms with E-state index in [1.807, 2.05) is 42.8 Å². The molecule has 0 bridgehead atoms. The summed E-state index contributed by atoms with van der Waals surface area (Å²) in [5.74, 6) is 0. The minimum absolute atomic E-state index is 0.296. The molecular weight excluding hydrogens is 316 g/mol. The summed E-state index contributed by atoms with van der Waals surface area (Å²) in [4.78, 5) is 0. The van der Waals surface area contributed by atoms with Crippen molar-refractivity contribution in [3.8, 4) is 0 Å². The fraction of sp³-hybridized carbons (Fsp3) is 0.375. The van der Waals surface area contributed by atoms with E-state index in [2.05, 4.69) is 29.6 Å². The molecule has 0 radical (unpaired) electrons. The monoisotopic (exact) mass is 336 g/mol. The van der Waals surface area contributed by atoms with Gasteiger partial charge in [-0.25, -0.2) is 0 Å². The van der Waals surface area contributed by atoms with Gasteiger partial charge in [0, 0.05) is 11.1 Å². The molecule has 0 spiro atoms. The second-order valence-corrected chi connectivity index (χ2v) is 6.43.